The molecule has 0 radical (unpaired) electrons. The number of aliphatic carboxylic acids is 1. The molecule has 4 nitrogen and oxygen atoms in total. The number of hydrogen-bond donors (Lipinski definition) is 1. The highest BCUT2D eigenvalue weighted by Gasteiger charge is 2.77. The predicted octanol–water partition coefficient (Wildman–Crippen LogP) is 1.34. The normalized spacial score (nSPS) is 27.3. The van der Waals surface area contributed by atoms with Gasteiger partial charge in [0.1, 0.15) is 0 Å². The molecule has 0 amide bonds. The van der Waals surface area contributed by atoms with Crippen molar-refractivity contribution in [3.05, 3.63) is 24.5 Å². The van der Waals surface area contributed by atoms with Crippen LogP contribution < -0.4 is 0 Å². The van der Waals surface area contributed by atoms with Gasteiger partial charge in [-0.15, -0.1) is 0 Å². The van der Waals surface area contributed by atoms with E-state index in [1.807, 2.05) is 0 Å². The molecule has 1 aromatic heterocycles. The van der Waals surface area contributed by atoms with Crippen LogP contribution >= 0.6 is 0 Å². The van der Waals surface area contributed by atoms with Crippen LogP contribution in [0.15, 0.2) is 19.0 Å². The zero-order valence-corrected chi connectivity index (χ0v) is 7.65. The lowest BCUT2D eigenvalue weighted by Crippen LogP contribution is -2.26. The Labute approximate surface area is 83.8 Å². The lowest BCUT2D eigenvalue weighted by atomic mass is 9.99. The van der Waals surface area contributed by atoms with E-state index in [1.54, 1.807) is 0 Å². The van der Waals surface area contributed by atoms with Gasteiger partial charge in [-0.3, -0.25) is 4.79 Å². The Kier molecular flexibility index (Phi) is 1.74. The van der Waals surface area contributed by atoms with Crippen LogP contribution in [0.1, 0.15) is 12.0 Å². The Hall–Kier alpha value is -1.72. The molecule has 0 aromatic carbocycles. The fourth-order valence-corrected chi connectivity index (χ4v) is 1.62. The Morgan fingerprint density at radius 3 is 2.67 bits per heavy atom. The Morgan fingerprint density at radius 2 is 2.33 bits per heavy atom. The molecule has 0 aliphatic heterocycles. The number of halogens is 2. The van der Waals surface area contributed by atoms with Crippen LogP contribution in [0, 0.1) is 0 Å². The van der Waals surface area contributed by atoms with Gasteiger partial charge in [-0.1, -0.05) is 6.58 Å². The summed E-state index contributed by atoms with van der Waals surface area (Å²) in [5, 5.41) is 12.5. The van der Waals surface area contributed by atoms with Crippen molar-refractivity contribution in [3.8, 4) is 0 Å². The maximum absolute atomic E-state index is 13.1. The van der Waals surface area contributed by atoms with Gasteiger partial charge < -0.3 is 5.11 Å². The molecule has 1 heterocycles. The molecule has 1 aromatic rings. The standard InChI is InChI=1S/C9H8F2N2O2/c1-2-13-4-6(3-12-13)8(7(14)15)5-9(8,10)11/h2-4H,1,5H2,(H,14,15). The molecule has 1 aliphatic rings. The van der Waals surface area contributed by atoms with Crippen molar-refractivity contribution >= 4 is 12.2 Å². The summed E-state index contributed by atoms with van der Waals surface area (Å²) in [6, 6.07) is 0. The van der Waals surface area contributed by atoms with Crippen molar-refractivity contribution in [1.82, 2.24) is 9.78 Å². The molecular formula is C9H8F2N2O2. The lowest BCUT2D eigenvalue weighted by molar-refractivity contribution is -0.142. The van der Waals surface area contributed by atoms with Crippen molar-refractivity contribution in [1.29, 1.82) is 0 Å². The van der Waals surface area contributed by atoms with E-state index in [2.05, 4.69) is 11.7 Å². The maximum atomic E-state index is 13.1. The van der Waals surface area contributed by atoms with Crippen molar-refractivity contribution < 1.29 is 18.7 Å². The first-order valence-electron chi connectivity index (χ1n) is 4.22. The fourth-order valence-electron chi connectivity index (χ4n) is 1.62. The first-order valence-corrected chi connectivity index (χ1v) is 4.22. The van der Waals surface area contributed by atoms with E-state index in [0.717, 1.165) is 6.20 Å². The average Bonchev–Trinajstić information content (AvgIpc) is 2.60. The number of carboxylic acid groups (broad SMARTS) is 1. The van der Waals surface area contributed by atoms with Gasteiger partial charge in [0.2, 0.25) is 0 Å². The number of carbonyl (C=O) groups is 1. The molecule has 1 saturated carbocycles. The molecule has 1 unspecified atom stereocenters. The summed E-state index contributed by atoms with van der Waals surface area (Å²) in [4.78, 5) is 10.9. The summed E-state index contributed by atoms with van der Waals surface area (Å²) in [5.41, 5.74) is -2.08. The highest BCUT2D eigenvalue weighted by Crippen LogP contribution is 2.61. The third-order valence-corrected chi connectivity index (χ3v) is 2.63. The molecule has 6 heteroatoms. The number of nitrogens with zero attached hydrogens (tertiary/aromatic N) is 2. The number of hydrogen-bond acceptors (Lipinski definition) is 2. The number of carboxylic acids is 1. The van der Waals surface area contributed by atoms with Gasteiger partial charge in [0.15, 0.2) is 5.41 Å². The van der Waals surface area contributed by atoms with Crippen LogP contribution in [-0.4, -0.2) is 26.8 Å². The minimum absolute atomic E-state index is 0.0138. The second-order valence-electron chi connectivity index (χ2n) is 3.48. The molecule has 1 fully saturated rings. The van der Waals surface area contributed by atoms with Crippen LogP contribution in [0.25, 0.3) is 6.20 Å². The van der Waals surface area contributed by atoms with Crippen LogP contribution in [0.5, 0.6) is 0 Å². The molecule has 1 aliphatic carbocycles. The summed E-state index contributed by atoms with van der Waals surface area (Å²) in [6.45, 7) is 3.39. The zero-order valence-electron chi connectivity index (χ0n) is 7.65. The van der Waals surface area contributed by atoms with Crippen molar-refractivity contribution in [2.24, 2.45) is 0 Å². The summed E-state index contributed by atoms with van der Waals surface area (Å²) < 4.78 is 27.3. The predicted molar refractivity (Wildman–Crippen MR) is 47.5 cm³/mol. The molecule has 15 heavy (non-hydrogen) atoms. The topological polar surface area (TPSA) is 55.1 Å². The van der Waals surface area contributed by atoms with E-state index >= 15 is 0 Å². The third-order valence-electron chi connectivity index (χ3n) is 2.63. The quantitative estimate of drug-likeness (QED) is 0.826. The van der Waals surface area contributed by atoms with Gasteiger partial charge >= 0.3 is 5.97 Å². The van der Waals surface area contributed by atoms with E-state index in [1.165, 1.54) is 17.1 Å². The van der Waals surface area contributed by atoms with E-state index in [9.17, 15) is 13.6 Å². The Morgan fingerprint density at radius 1 is 1.73 bits per heavy atom. The van der Waals surface area contributed by atoms with Crippen molar-refractivity contribution in [2.75, 3.05) is 0 Å². The fraction of sp³-hybridized carbons (Fsp3) is 0.333. The number of alkyl halides is 2. The number of aromatic nitrogens is 2. The number of rotatable bonds is 3. The molecule has 2 rings (SSSR count). The summed E-state index contributed by atoms with van der Waals surface area (Å²) in [6.07, 6.45) is 3.02. The van der Waals surface area contributed by atoms with Crippen molar-refractivity contribution in [3.63, 3.8) is 0 Å². The first kappa shape index (κ1) is 9.82. The molecule has 80 valence electrons. The SMILES string of the molecule is C=Cn1cc(C2(C(=O)O)CC2(F)F)cn1. The second kappa shape index (κ2) is 2.65. The molecule has 0 saturated heterocycles. The van der Waals surface area contributed by atoms with Crippen LogP contribution in [-0.2, 0) is 10.2 Å². The van der Waals surface area contributed by atoms with Crippen molar-refractivity contribution in [2.45, 2.75) is 17.8 Å². The van der Waals surface area contributed by atoms with E-state index < -0.39 is 23.7 Å². The van der Waals surface area contributed by atoms with E-state index in [-0.39, 0.29) is 5.56 Å². The van der Waals surface area contributed by atoms with Gasteiger partial charge in [0, 0.05) is 24.4 Å². The smallest absolute Gasteiger partial charge is 0.320 e. The van der Waals surface area contributed by atoms with Gasteiger partial charge in [-0.05, 0) is 0 Å². The van der Waals surface area contributed by atoms with Crippen LogP contribution in [0.3, 0.4) is 0 Å². The summed E-state index contributed by atoms with van der Waals surface area (Å²) >= 11 is 0. The molecule has 0 spiro atoms. The molecule has 1 atom stereocenters. The third kappa shape index (κ3) is 1.10. The minimum Gasteiger partial charge on any atom is -0.480 e. The maximum Gasteiger partial charge on any atom is 0.320 e. The largest absolute Gasteiger partial charge is 0.480 e. The van der Waals surface area contributed by atoms with E-state index in [0.29, 0.717) is 0 Å². The van der Waals surface area contributed by atoms with Gasteiger partial charge in [0.05, 0.1) is 6.20 Å². The Balaban J connectivity index is 2.45. The van der Waals surface area contributed by atoms with Gasteiger partial charge in [-0.2, -0.15) is 5.10 Å². The monoisotopic (exact) mass is 214 g/mol. The van der Waals surface area contributed by atoms with Gasteiger partial charge in [0.25, 0.3) is 5.92 Å². The molecular weight excluding hydrogens is 206 g/mol. The lowest BCUT2D eigenvalue weighted by Gasteiger charge is -2.07. The zero-order chi connectivity index (χ0) is 11.3. The average molecular weight is 214 g/mol. The summed E-state index contributed by atoms with van der Waals surface area (Å²) in [5.74, 6) is -4.70. The van der Waals surface area contributed by atoms with Crippen LogP contribution in [0.2, 0.25) is 0 Å². The van der Waals surface area contributed by atoms with E-state index in [4.69, 9.17) is 5.11 Å². The molecule has 1 N–H and O–H groups in total. The van der Waals surface area contributed by atoms with Crippen LogP contribution in [0.4, 0.5) is 8.78 Å². The minimum atomic E-state index is -3.19. The Bertz CT molecular complexity index is 441. The molecule has 0 bridgehead atoms. The summed E-state index contributed by atoms with van der Waals surface area (Å²) in [7, 11) is 0. The second-order valence-corrected chi connectivity index (χ2v) is 3.48. The first-order chi connectivity index (χ1) is 6.94. The highest BCUT2D eigenvalue weighted by atomic mass is 19.3. The van der Waals surface area contributed by atoms with Gasteiger partial charge in [-0.25, -0.2) is 13.5 Å². The highest BCUT2D eigenvalue weighted by molar-refractivity contribution is 5.87.